The number of hydrogen-bond donors (Lipinski definition) is 3. The number of carboxylic acids is 1. The zero-order valence-electron chi connectivity index (χ0n) is 12.9. The third kappa shape index (κ3) is 4.51. The predicted molar refractivity (Wildman–Crippen MR) is 82.2 cm³/mol. The molecule has 0 spiro atoms. The van der Waals surface area contributed by atoms with E-state index in [1.165, 1.54) is 18.2 Å². The SMILES string of the molecule is O=C(CC(O)c1cccc(F)c1)NC1(C(=O)O)CCCCCC1. The molecular weight excluding hydrogens is 301 g/mol. The lowest BCUT2D eigenvalue weighted by atomic mass is 9.89. The number of carbonyl (C=O) groups excluding carboxylic acids is 1. The van der Waals surface area contributed by atoms with Crippen molar-refractivity contribution in [3.8, 4) is 0 Å². The number of amides is 1. The van der Waals surface area contributed by atoms with E-state index in [2.05, 4.69) is 5.32 Å². The minimum absolute atomic E-state index is 0.293. The van der Waals surface area contributed by atoms with E-state index in [0.29, 0.717) is 18.4 Å². The van der Waals surface area contributed by atoms with Crippen LogP contribution in [-0.4, -0.2) is 27.6 Å². The topological polar surface area (TPSA) is 86.6 Å². The standard InChI is InChI=1S/C17H22FNO4/c18-13-7-5-6-12(10-13)14(20)11-15(21)19-17(16(22)23)8-3-1-2-4-9-17/h5-7,10,14,20H,1-4,8-9,11H2,(H,19,21)(H,22,23). The third-order valence-corrected chi connectivity index (χ3v) is 4.36. The van der Waals surface area contributed by atoms with Crippen LogP contribution in [0.15, 0.2) is 24.3 Å². The first-order chi connectivity index (χ1) is 10.9. The van der Waals surface area contributed by atoms with Crippen molar-refractivity contribution in [3.05, 3.63) is 35.6 Å². The summed E-state index contributed by atoms with van der Waals surface area (Å²) in [5, 5.41) is 22.2. The summed E-state index contributed by atoms with van der Waals surface area (Å²) in [6.45, 7) is 0. The van der Waals surface area contributed by atoms with E-state index in [1.807, 2.05) is 0 Å². The molecule has 126 valence electrons. The van der Waals surface area contributed by atoms with Crippen molar-refractivity contribution in [2.45, 2.75) is 56.6 Å². The van der Waals surface area contributed by atoms with Crippen LogP contribution in [0, 0.1) is 5.82 Å². The monoisotopic (exact) mass is 323 g/mol. The Kier molecular flexibility index (Phi) is 5.71. The summed E-state index contributed by atoms with van der Waals surface area (Å²) in [7, 11) is 0. The van der Waals surface area contributed by atoms with Crippen molar-refractivity contribution < 1.29 is 24.2 Å². The maximum absolute atomic E-state index is 13.2. The summed E-state index contributed by atoms with van der Waals surface area (Å²) in [5.74, 6) is -2.06. The number of aliphatic carboxylic acids is 1. The average molecular weight is 323 g/mol. The van der Waals surface area contributed by atoms with Gasteiger partial charge in [-0.15, -0.1) is 0 Å². The summed E-state index contributed by atoms with van der Waals surface area (Å²) in [4.78, 5) is 23.8. The Morgan fingerprint density at radius 3 is 2.43 bits per heavy atom. The molecule has 5 nitrogen and oxygen atoms in total. The van der Waals surface area contributed by atoms with Crippen molar-refractivity contribution in [1.29, 1.82) is 0 Å². The molecule has 0 saturated heterocycles. The molecule has 1 fully saturated rings. The number of hydrogen-bond acceptors (Lipinski definition) is 3. The first kappa shape index (κ1) is 17.4. The Labute approximate surface area is 134 Å². The molecule has 2 rings (SSSR count). The number of rotatable bonds is 5. The molecule has 1 aromatic rings. The van der Waals surface area contributed by atoms with E-state index < -0.39 is 29.3 Å². The van der Waals surface area contributed by atoms with Gasteiger partial charge in [0.05, 0.1) is 12.5 Å². The van der Waals surface area contributed by atoms with E-state index in [-0.39, 0.29) is 6.42 Å². The highest BCUT2D eigenvalue weighted by Crippen LogP contribution is 2.28. The number of benzene rings is 1. The molecule has 6 heteroatoms. The quantitative estimate of drug-likeness (QED) is 0.727. The molecule has 1 unspecified atom stereocenters. The number of aliphatic hydroxyl groups excluding tert-OH is 1. The van der Waals surface area contributed by atoms with Crippen LogP contribution in [0.3, 0.4) is 0 Å². The van der Waals surface area contributed by atoms with Crippen LogP contribution in [0.5, 0.6) is 0 Å². The Bertz CT molecular complexity index is 567. The van der Waals surface area contributed by atoms with E-state index in [1.54, 1.807) is 0 Å². The van der Waals surface area contributed by atoms with Crippen LogP contribution in [-0.2, 0) is 9.59 Å². The van der Waals surface area contributed by atoms with Gasteiger partial charge in [-0.2, -0.15) is 0 Å². The summed E-state index contributed by atoms with van der Waals surface area (Å²) in [6, 6.07) is 5.40. The molecule has 3 N–H and O–H groups in total. The first-order valence-corrected chi connectivity index (χ1v) is 7.91. The first-order valence-electron chi connectivity index (χ1n) is 7.91. The van der Waals surface area contributed by atoms with Crippen LogP contribution in [0.2, 0.25) is 0 Å². The van der Waals surface area contributed by atoms with Gasteiger partial charge in [0.2, 0.25) is 5.91 Å². The third-order valence-electron chi connectivity index (χ3n) is 4.36. The maximum atomic E-state index is 13.2. The summed E-state index contributed by atoms with van der Waals surface area (Å²) < 4.78 is 13.2. The van der Waals surface area contributed by atoms with Gasteiger partial charge in [-0.25, -0.2) is 9.18 Å². The second kappa shape index (κ2) is 7.55. The molecule has 0 aliphatic heterocycles. The van der Waals surface area contributed by atoms with E-state index in [0.717, 1.165) is 31.7 Å². The van der Waals surface area contributed by atoms with Crippen molar-refractivity contribution in [3.63, 3.8) is 0 Å². The van der Waals surface area contributed by atoms with Crippen molar-refractivity contribution >= 4 is 11.9 Å². The number of carbonyl (C=O) groups is 2. The largest absolute Gasteiger partial charge is 0.480 e. The Morgan fingerprint density at radius 1 is 1.22 bits per heavy atom. The van der Waals surface area contributed by atoms with Crippen molar-refractivity contribution in [2.24, 2.45) is 0 Å². The number of halogens is 1. The Balaban J connectivity index is 2.03. The molecule has 0 radical (unpaired) electrons. The lowest BCUT2D eigenvalue weighted by Crippen LogP contribution is -2.54. The molecule has 0 aromatic heterocycles. The fourth-order valence-electron chi connectivity index (χ4n) is 3.05. The van der Waals surface area contributed by atoms with Crippen LogP contribution in [0.4, 0.5) is 4.39 Å². The second-order valence-electron chi connectivity index (χ2n) is 6.12. The van der Waals surface area contributed by atoms with Crippen LogP contribution in [0.1, 0.15) is 56.6 Å². The van der Waals surface area contributed by atoms with Gasteiger partial charge in [-0.3, -0.25) is 4.79 Å². The smallest absolute Gasteiger partial charge is 0.329 e. The summed E-state index contributed by atoms with van der Waals surface area (Å²) in [6.07, 6.45) is 2.74. The molecule has 1 aliphatic rings. The average Bonchev–Trinajstić information content (AvgIpc) is 2.73. The molecule has 0 heterocycles. The van der Waals surface area contributed by atoms with Gasteiger partial charge in [0.15, 0.2) is 0 Å². The van der Waals surface area contributed by atoms with Gasteiger partial charge in [-0.05, 0) is 30.5 Å². The maximum Gasteiger partial charge on any atom is 0.329 e. The van der Waals surface area contributed by atoms with Crippen LogP contribution >= 0.6 is 0 Å². The normalized spacial score (nSPS) is 18.7. The van der Waals surface area contributed by atoms with Gasteiger partial charge < -0.3 is 15.5 Å². The molecule has 1 aromatic carbocycles. The van der Waals surface area contributed by atoms with Gasteiger partial charge in [-0.1, -0.05) is 37.8 Å². The van der Waals surface area contributed by atoms with Gasteiger partial charge in [0.1, 0.15) is 11.4 Å². The van der Waals surface area contributed by atoms with Crippen LogP contribution < -0.4 is 5.32 Å². The van der Waals surface area contributed by atoms with Crippen LogP contribution in [0.25, 0.3) is 0 Å². The molecule has 1 saturated carbocycles. The highest BCUT2D eigenvalue weighted by Gasteiger charge is 2.40. The number of nitrogens with one attached hydrogen (secondary N) is 1. The zero-order chi connectivity index (χ0) is 16.9. The van der Waals surface area contributed by atoms with E-state index in [9.17, 15) is 24.2 Å². The molecule has 23 heavy (non-hydrogen) atoms. The highest BCUT2D eigenvalue weighted by molar-refractivity contribution is 5.87. The minimum atomic E-state index is -1.25. The van der Waals surface area contributed by atoms with Gasteiger partial charge in [0.25, 0.3) is 0 Å². The molecule has 1 amide bonds. The Hall–Kier alpha value is -1.95. The Morgan fingerprint density at radius 2 is 1.87 bits per heavy atom. The van der Waals surface area contributed by atoms with E-state index in [4.69, 9.17) is 0 Å². The predicted octanol–water partition coefficient (Wildman–Crippen LogP) is 2.54. The lowest BCUT2D eigenvalue weighted by Gasteiger charge is -2.29. The lowest BCUT2D eigenvalue weighted by molar-refractivity contribution is -0.148. The van der Waals surface area contributed by atoms with Crippen molar-refractivity contribution in [2.75, 3.05) is 0 Å². The zero-order valence-corrected chi connectivity index (χ0v) is 12.9. The number of carboxylic acid groups (broad SMARTS) is 1. The van der Waals surface area contributed by atoms with Crippen molar-refractivity contribution in [1.82, 2.24) is 5.32 Å². The fraction of sp³-hybridized carbons (Fsp3) is 0.529. The summed E-state index contributed by atoms with van der Waals surface area (Å²) >= 11 is 0. The van der Waals surface area contributed by atoms with Gasteiger partial charge >= 0.3 is 5.97 Å². The second-order valence-corrected chi connectivity index (χ2v) is 6.12. The van der Waals surface area contributed by atoms with Gasteiger partial charge in [0, 0.05) is 0 Å². The number of aliphatic hydroxyl groups is 1. The molecule has 1 atom stereocenters. The minimum Gasteiger partial charge on any atom is -0.480 e. The summed E-state index contributed by atoms with van der Waals surface area (Å²) in [5.41, 5.74) is -0.958. The van der Waals surface area contributed by atoms with E-state index >= 15 is 0 Å². The highest BCUT2D eigenvalue weighted by atomic mass is 19.1. The molecular formula is C17H22FNO4. The molecule has 1 aliphatic carbocycles. The molecule has 0 bridgehead atoms. The fourth-order valence-corrected chi connectivity index (χ4v) is 3.05.